The van der Waals surface area contributed by atoms with Crippen molar-refractivity contribution in [3.05, 3.63) is 30.2 Å². The number of aryl methyl sites for hydroxylation is 1. The second-order valence-corrected chi connectivity index (χ2v) is 6.73. The maximum Gasteiger partial charge on any atom is 0.319 e. The van der Waals surface area contributed by atoms with Crippen molar-refractivity contribution in [2.75, 3.05) is 18.4 Å². The van der Waals surface area contributed by atoms with Gasteiger partial charge in [-0.25, -0.2) is 4.79 Å². The van der Waals surface area contributed by atoms with Crippen molar-refractivity contribution in [2.24, 2.45) is 0 Å². The highest BCUT2D eigenvalue weighted by atomic mass is 16.4. The number of carbonyl (C=O) groups is 1. The maximum atomic E-state index is 12.3. The number of aromatic nitrogens is 2. The molecule has 7 heteroatoms. The predicted octanol–water partition coefficient (Wildman–Crippen LogP) is 3.29. The largest absolute Gasteiger partial charge is 0.421 e. The molecule has 1 saturated heterocycles. The van der Waals surface area contributed by atoms with E-state index in [9.17, 15) is 4.79 Å². The second kappa shape index (κ2) is 8.31. The van der Waals surface area contributed by atoms with Crippen molar-refractivity contribution in [3.8, 4) is 11.5 Å². The predicted molar refractivity (Wildman–Crippen MR) is 101 cm³/mol. The van der Waals surface area contributed by atoms with Gasteiger partial charge in [0.25, 0.3) is 0 Å². The van der Waals surface area contributed by atoms with Gasteiger partial charge in [-0.05, 0) is 50.6 Å². The molecule has 2 heterocycles. The van der Waals surface area contributed by atoms with Gasteiger partial charge in [-0.15, -0.1) is 10.2 Å². The van der Waals surface area contributed by atoms with Crippen LogP contribution in [0.3, 0.4) is 0 Å². The normalized spacial score (nSPS) is 20.7. The van der Waals surface area contributed by atoms with Crippen LogP contribution in [0.25, 0.3) is 11.5 Å². The van der Waals surface area contributed by atoms with Crippen LogP contribution in [0, 0.1) is 0 Å². The first-order valence-electron chi connectivity index (χ1n) is 9.33. The summed E-state index contributed by atoms with van der Waals surface area (Å²) in [7, 11) is 0. The van der Waals surface area contributed by atoms with Gasteiger partial charge in [0, 0.05) is 36.3 Å². The Hall–Kier alpha value is -2.41. The summed E-state index contributed by atoms with van der Waals surface area (Å²) in [6.07, 6.45) is 2.68. The molecule has 1 aliphatic rings. The number of nitrogens with one attached hydrogen (secondary N) is 2. The highest BCUT2D eigenvalue weighted by Crippen LogP contribution is 2.21. The minimum atomic E-state index is -0.161. The van der Waals surface area contributed by atoms with E-state index < -0.39 is 0 Å². The zero-order chi connectivity index (χ0) is 18.5. The molecule has 2 atom stereocenters. The summed E-state index contributed by atoms with van der Waals surface area (Å²) >= 11 is 0. The Morgan fingerprint density at radius 3 is 2.65 bits per heavy atom. The highest BCUT2D eigenvalue weighted by molar-refractivity contribution is 5.89. The Morgan fingerprint density at radius 1 is 1.27 bits per heavy atom. The number of likely N-dealkylation sites (tertiary alicyclic amines) is 1. The molecule has 1 fully saturated rings. The number of benzene rings is 1. The van der Waals surface area contributed by atoms with Crippen molar-refractivity contribution in [2.45, 2.75) is 52.1 Å². The third-order valence-electron chi connectivity index (χ3n) is 4.91. The molecule has 2 amide bonds. The fourth-order valence-electron chi connectivity index (χ4n) is 3.38. The maximum absolute atomic E-state index is 12.3. The lowest BCUT2D eigenvalue weighted by molar-refractivity contribution is 0.145. The van der Waals surface area contributed by atoms with E-state index in [1.54, 1.807) is 0 Å². The fourth-order valence-corrected chi connectivity index (χ4v) is 3.38. The van der Waals surface area contributed by atoms with Gasteiger partial charge in [-0.3, -0.25) is 0 Å². The molecule has 3 rings (SSSR count). The number of hydrogen-bond acceptors (Lipinski definition) is 5. The van der Waals surface area contributed by atoms with E-state index in [4.69, 9.17) is 4.42 Å². The summed E-state index contributed by atoms with van der Waals surface area (Å²) in [4.78, 5) is 14.7. The molecule has 140 valence electrons. The molecule has 26 heavy (non-hydrogen) atoms. The number of piperidine rings is 1. The van der Waals surface area contributed by atoms with Gasteiger partial charge < -0.3 is 20.0 Å². The van der Waals surface area contributed by atoms with Crippen LogP contribution in [-0.4, -0.2) is 46.3 Å². The van der Waals surface area contributed by atoms with E-state index in [1.807, 2.05) is 31.2 Å². The third-order valence-corrected chi connectivity index (χ3v) is 4.91. The first kappa shape index (κ1) is 18.4. The second-order valence-electron chi connectivity index (χ2n) is 6.73. The van der Waals surface area contributed by atoms with E-state index in [0.29, 0.717) is 24.2 Å². The van der Waals surface area contributed by atoms with Gasteiger partial charge in [-0.1, -0.05) is 13.8 Å². The summed E-state index contributed by atoms with van der Waals surface area (Å²) in [5.41, 5.74) is 1.57. The standard InChI is InChI=1S/C19H27N5O2/c1-4-17-22-23-18(26-17)14-6-8-15(9-7-14)20-19(25)21-16-10-11-24(5-2)13(3)12-16/h6-9,13,16H,4-5,10-12H2,1-3H3,(H2,20,21,25). The van der Waals surface area contributed by atoms with Crippen molar-refractivity contribution < 1.29 is 9.21 Å². The van der Waals surface area contributed by atoms with Crippen molar-refractivity contribution in [1.82, 2.24) is 20.4 Å². The van der Waals surface area contributed by atoms with Crippen molar-refractivity contribution in [1.29, 1.82) is 0 Å². The summed E-state index contributed by atoms with van der Waals surface area (Å²) in [6.45, 7) is 8.46. The summed E-state index contributed by atoms with van der Waals surface area (Å²) in [5, 5.41) is 14.0. The van der Waals surface area contributed by atoms with E-state index in [2.05, 4.69) is 39.6 Å². The molecular weight excluding hydrogens is 330 g/mol. The lowest BCUT2D eigenvalue weighted by Gasteiger charge is -2.37. The number of carbonyl (C=O) groups excluding carboxylic acids is 1. The van der Waals surface area contributed by atoms with Crippen LogP contribution in [0.15, 0.2) is 28.7 Å². The van der Waals surface area contributed by atoms with Crippen LogP contribution in [0.5, 0.6) is 0 Å². The average Bonchev–Trinajstić information content (AvgIpc) is 3.11. The number of rotatable bonds is 5. The van der Waals surface area contributed by atoms with E-state index in [-0.39, 0.29) is 12.1 Å². The molecule has 0 aliphatic carbocycles. The number of anilines is 1. The minimum Gasteiger partial charge on any atom is -0.421 e. The SMILES string of the molecule is CCc1nnc(-c2ccc(NC(=O)NC3CCN(CC)C(C)C3)cc2)o1. The first-order valence-corrected chi connectivity index (χ1v) is 9.33. The molecule has 0 radical (unpaired) electrons. The molecule has 2 unspecified atom stereocenters. The Labute approximate surface area is 154 Å². The van der Waals surface area contributed by atoms with E-state index in [0.717, 1.165) is 37.2 Å². The zero-order valence-electron chi connectivity index (χ0n) is 15.7. The van der Waals surface area contributed by atoms with Crippen LogP contribution in [0.1, 0.15) is 39.5 Å². The third kappa shape index (κ3) is 4.40. The molecular formula is C19H27N5O2. The molecule has 2 aromatic rings. The smallest absolute Gasteiger partial charge is 0.319 e. The quantitative estimate of drug-likeness (QED) is 0.858. The minimum absolute atomic E-state index is 0.161. The molecule has 1 aromatic heterocycles. The average molecular weight is 357 g/mol. The summed E-state index contributed by atoms with van der Waals surface area (Å²) < 4.78 is 5.54. The molecule has 1 aromatic carbocycles. The zero-order valence-corrected chi connectivity index (χ0v) is 15.7. The number of hydrogen-bond donors (Lipinski definition) is 2. The Kier molecular flexibility index (Phi) is 5.88. The lowest BCUT2D eigenvalue weighted by atomic mass is 9.98. The van der Waals surface area contributed by atoms with E-state index in [1.165, 1.54) is 0 Å². The lowest BCUT2D eigenvalue weighted by Crippen LogP contribution is -2.49. The number of amides is 2. The highest BCUT2D eigenvalue weighted by Gasteiger charge is 2.25. The molecule has 1 aliphatic heterocycles. The van der Waals surface area contributed by atoms with Gasteiger partial charge in [0.05, 0.1) is 0 Å². The van der Waals surface area contributed by atoms with Crippen LogP contribution >= 0.6 is 0 Å². The summed E-state index contributed by atoms with van der Waals surface area (Å²) in [6, 6.07) is 7.97. The molecule has 0 spiro atoms. The first-order chi connectivity index (χ1) is 12.6. The topological polar surface area (TPSA) is 83.3 Å². The van der Waals surface area contributed by atoms with Gasteiger partial charge in [0.15, 0.2) is 0 Å². The van der Waals surface area contributed by atoms with Gasteiger partial charge >= 0.3 is 6.03 Å². The number of urea groups is 1. The van der Waals surface area contributed by atoms with Crippen LogP contribution in [0.2, 0.25) is 0 Å². The molecule has 0 saturated carbocycles. The van der Waals surface area contributed by atoms with Crippen molar-refractivity contribution in [3.63, 3.8) is 0 Å². The molecule has 2 N–H and O–H groups in total. The Bertz CT molecular complexity index is 728. The van der Waals surface area contributed by atoms with Crippen molar-refractivity contribution >= 4 is 11.7 Å². The number of nitrogens with zero attached hydrogens (tertiary/aromatic N) is 3. The molecule has 7 nitrogen and oxygen atoms in total. The Balaban J connectivity index is 1.53. The van der Waals surface area contributed by atoms with Gasteiger partial charge in [0.1, 0.15) is 0 Å². The van der Waals surface area contributed by atoms with Crippen LogP contribution in [0.4, 0.5) is 10.5 Å². The van der Waals surface area contributed by atoms with Crippen LogP contribution in [-0.2, 0) is 6.42 Å². The van der Waals surface area contributed by atoms with Crippen LogP contribution < -0.4 is 10.6 Å². The molecule has 0 bridgehead atoms. The monoisotopic (exact) mass is 357 g/mol. The van der Waals surface area contributed by atoms with E-state index >= 15 is 0 Å². The fraction of sp³-hybridized carbons (Fsp3) is 0.526. The summed E-state index contributed by atoms with van der Waals surface area (Å²) in [5.74, 6) is 1.11. The van der Waals surface area contributed by atoms with Gasteiger partial charge in [0.2, 0.25) is 11.8 Å². The van der Waals surface area contributed by atoms with Gasteiger partial charge in [-0.2, -0.15) is 0 Å². The Morgan fingerprint density at radius 2 is 2.04 bits per heavy atom.